The van der Waals surface area contributed by atoms with Crippen molar-refractivity contribution < 1.29 is 14.3 Å². The average molecular weight is 214 g/mol. The summed E-state index contributed by atoms with van der Waals surface area (Å²) < 4.78 is 3.94. The Labute approximate surface area is 87.9 Å². The molecule has 1 aliphatic rings. The minimum absolute atomic E-state index is 0.0270. The van der Waals surface area contributed by atoms with E-state index < -0.39 is 10.7 Å². The maximum Gasteiger partial charge on any atom is 0.330 e. The van der Waals surface area contributed by atoms with E-state index in [0.29, 0.717) is 25.2 Å². The Bertz CT molecular complexity index is 262. The van der Waals surface area contributed by atoms with Crippen molar-refractivity contribution in [3.63, 3.8) is 0 Å². The van der Waals surface area contributed by atoms with Crippen molar-refractivity contribution >= 4 is 23.5 Å². The molecule has 0 spiro atoms. The summed E-state index contributed by atoms with van der Waals surface area (Å²) in [5, 5.41) is 0. The van der Waals surface area contributed by atoms with Crippen molar-refractivity contribution in [1.82, 2.24) is 0 Å². The van der Waals surface area contributed by atoms with Crippen LogP contribution in [0.3, 0.4) is 0 Å². The molecule has 1 unspecified atom stereocenters. The zero-order valence-electron chi connectivity index (χ0n) is 8.25. The summed E-state index contributed by atoms with van der Waals surface area (Å²) in [4.78, 5) is 23.3. The van der Waals surface area contributed by atoms with E-state index >= 15 is 0 Å². The van der Waals surface area contributed by atoms with Crippen LogP contribution in [0, 0.1) is 0 Å². The van der Waals surface area contributed by atoms with Crippen molar-refractivity contribution in [2.24, 2.45) is 0 Å². The number of hydrogen-bond acceptors (Lipinski definition) is 4. The molecule has 1 heterocycles. The van der Waals surface area contributed by atoms with E-state index in [-0.39, 0.29) is 5.78 Å². The van der Waals surface area contributed by atoms with Gasteiger partial charge in [-0.3, -0.25) is 9.59 Å². The van der Waals surface area contributed by atoms with Crippen LogP contribution in [0.2, 0.25) is 0 Å². The van der Waals surface area contributed by atoms with Gasteiger partial charge in [-0.2, -0.15) is 0 Å². The van der Waals surface area contributed by atoms with Gasteiger partial charge in [0.15, 0.2) is 10.5 Å². The Morgan fingerprint density at radius 3 is 2.93 bits per heavy atom. The fraction of sp³-hybridized carbons (Fsp3) is 0.600. The first-order valence-electron chi connectivity index (χ1n) is 4.62. The molecule has 0 bridgehead atoms. The third kappa shape index (κ3) is 1.85. The molecule has 1 atom stereocenters. The van der Waals surface area contributed by atoms with Crippen LogP contribution in [0.5, 0.6) is 0 Å². The topological polar surface area (TPSA) is 43.4 Å². The quantitative estimate of drug-likeness (QED) is 0.405. The van der Waals surface area contributed by atoms with Gasteiger partial charge in [-0.25, -0.2) is 0 Å². The van der Waals surface area contributed by atoms with Crippen molar-refractivity contribution in [2.45, 2.75) is 24.5 Å². The average Bonchev–Trinajstić information content (AvgIpc) is 2.50. The van der Waals surface area contributed by atoms with Crippen LogP contribution < -0.4 is 0 Å². The Kier molecular flexibility index (Phi) is 3.75. The molecule has 0 saturated carbocycles. The SMILES string of the molecule is C=CCC1(C(=O)OCC)SCCC1=O. The van der Waals surface area contributed by atoms with Crippen LogP contribution in [-0.4, -0.2) is 28.9 Å². The van der Waals surface area contributed by atoms with Gasteiger partial charge in [0.2, 0.25) is 0 Å². The summed E-state index contributed by atoms with van der Waals surface area (Å²) in [7, 11) is 0. The van der Waals surface area contributed by atoms with Crippen LogP contribution >= 0.6 is 11.8 Å². The maximum atomic E-state index is 11.7. The highest BCUT2D eigenvalue weighted by Crippen LogP contribution is 2.39. The first-order chi connectivity index (χ1) is 6.67. The molecular formula is C10H14O3S. The van der Waals surface area contributed by atoms with E-state index in [1.807, 2.05) is 0 Å². The molecule has 1 fully saturated rings. The van der Waals surface area contributed by atoms with Crippen LogP contribution in [0.25, 0.3) is 0 Å². The predicted octanol–water partition coefficient (Wildman–Crippen LogP) is 1.57. The van der Waals surface area contributed by atoms with Gasteiger partial charge in [0.05, 0.1) is 6.61 Å². The lowest BCUT2D eigenvalue weighted by Gasteiger charge is -2.22. The largest absolute Gasteiger partial charge is 0.465 e. The lowest BCUT2D eigenvalue weighted by molar-refractivity contribution is -0.148. The molecule has 0 N–H and O–H groups in total. The molecule has 0 radical (unpaired) electrons. The summed E-state index contributed by atoms with van der Waals surface area (Å²) in [6.07, 6.45) is 2.43. The molecule has 78 valence electrons. The van der Waals surface area contributed by atoms with Crippen LogP contribution in [0.4, 0.5) is 0 Å². The Hall–Kier alpha value is -0.770. The smallest absolute Gasteiger partial charge is 0.330 e. The summed E-state index contributed by atoms with van der Waals surface area (Å²) in [6, 6.07) is 0. The van der Waals surface area contributed by atoms with Crippen LogP contribution in [0.15, 0.2) is 12.7 Å². The van der Waals surface area contributed by atoms with E-state index in [2.05, 4.69) is 6.58 Å². The van der Waals surface area contributed by atoms with Crippen molar-refractivity contribution in [1.29, 1.82) is 0 Å². The fourth-order valence-corrected chi connectivity index (χ4v) is 2.79. The van der Waals surface area contributed by atoms with Gasteiger partial charge >= 0.3 is 5.97 Å². The van der Waals surface area contributed by atoms with Gasteiger partial charge in [-0.15, -0.1) is 18.3 Å². The summed E-state index contributed by atoms with van der Waals surface area (Å²) in [6.45, 7) is 5.62. The normalized spacial score (nSPS) is 26.2. The molecule has 4 heteroatoms. The molecule has 0 aromatic carbocycles. The number of allylic oxidation sites excluding steroid dienone is 1. The molecule has 0 aromatic rings. The van der Waals surface area contributed by atoms with Gasteiger partial charge in [0.1, 0.15) is 0 Å². The highest BCUT2D eigenvalue weighted by atomic mass is 32.2. The van der Waals surface area contributed by atoms with Crippen LogP contribution in [-0.2, 0) is 14.3 Å². The molecule has 1 saturated heterocycles. The number of rotatable bonds is 4. The lowest BCUT2D eigenvalue weighted by Crippen LogP contribution is -2.41. The zero-order valence-corrected chi connectivity index (χ0v) is 9.06. The zero-order chi connectivity index (χ0) is 10.6. The molecular weight excluding hydrogens is 200 g/mol. The fourth-order valence-electron chi connectivity index (χ4n) is 1.48. The Morgan fingerprint density at radius 2 is 2.50 bits per heavy atom. The third-order valence-corrected chi connectivity index (χ3v) is 3.63. The summed E-state index contributed by atoms with van der Waals surface area (Å²) in [5.74, 6) is 0.263. The van der Waals surface area contributed by atoms with Crippen molar-refractivity contribution in [3.8, 4) is 0 Å². The van der Waals surface area contributed by atoms with E-state index in [9.17, 15) is 9.59 Å². The number of carbonyl (C=O) groups excluding carboxylic acids is 2. The highest BCUT2D eigenvalue weighted by Gasteiger charge is 2.49. The molecule has 0 aromatic heterocycles. The third-order valence-electron chi connectivity index (χ3n) is 2.16. The first-order valence-corrected chi connectivity index (χ1v) is 5.61. The molecule has 1 aliphatic heterocycles. The molecule has 1 rings (SSSR count). The lowest BCUT2D eigenvalue weighted by atomic mass is 9.98. The number of thioether (sulfide) groups is 1. The molecule has 0 amide bonds. The Morgan fingerprint density at radius 1 is 1.79 bits per heavy atom. The minimum Gasteiger partial charge on any atom is -0.465 e. The molecule has 3 nitrogen and oxygen atoms in total. The second-order valence-corrected chi connectivity index (χ2v) is 4.46. The van der Waals surface area contributed by atoms with Gasteiger partial charge < -0.3 is 4.74 Å². The summed E-state index contributed by atoms with van der Waals surface area (Å²) >= 11 is 1.38. The number of ketones is 1. The van der Waals surface area contributed by atoms with E-state index in [0.717, 1.165) is 0 Å². The van der Waals surface area contributed by atoms with E-state index in [1.54, 1.807) is 13.0 Å². The number of Topliss-reactive ketones (excluding diaryl/α,β-unsaturated/α-hetero) is 1. The van der Waals surface area contributed by atoms with Gasteiger partial charge in [0, 0.05) is 12.2 Å². The van der Waals surface area contributed by atoms with Gasteiger partial charge in [-0.05, 0) is 13.3 Å². The number of esters is 1. The predicted molar refractivity (Wildman–Crippen MR) is 56.3 cm³/mol. The van der Waals surface area contributed by atoms with Gasteiger partial charge in [-0.1, -0.05) is 6.08 Å². The second kappa shape index (κ2) is 4.64. The van der Waals surface area contributed by atoms with E-state index in [1.165, 1.54) is 11.8 Å². The van der Waals surface area contributed by atoms with Gasteiger partial charge in [0.25, 0.3) is 0 Å². The standard InChI is InChI=1S/C10H14O3S/c1-3-6-10(9(12)13-4-2)8(11)5-7-14-10/h3H,1,4-7H2,2H3. The van der Waals surface area contributed by atoms with Crippen molar-refractivity contribution in [3.05, 3.63) is 12.7 Å². The van der Waals surface area contributed by atoms with Crippen LogP contribution in [0.1, 0.15) is 19.8 Å². The maximum absolute atomic E-state index is 11.7. The Balaban J connectivity index is 2.85. The first kappa shape index (κ1) is 11.3. The number of ether oxygens (including phenoxy) is 1. The number of carbonyl (C=O) groups is 2. The second-order valence-electron chi connectivity index (χ2n) is 3.06. The molecule has 0 aliphatic carbocycles. The monoisotopic (exact) mass is 214 g/mol. The summed E-state index contributed by atoms with van der Waals surface area (Å²) in [5.41, 5.74) is 0. The molecule has 14 heavy (non-hydrogen) atoms. The highest BCUT2D eigenvalue weighted by molar-refractivity contribution is 8.02. The minimum atomic E-state index is -0.988. The van der Waals surface area contributed by atoms with E-state index in [4.69, 9.17) is 4.74 Å². The van der Waals surface area contributed by atoms with Crippen molar-refractivity contribution in [2.75, 3.05) is 12.4 Å². The number of hydrogen-bond donors (Lipinski definition) is 0.